The van der Waals surface area contributed by atoms with Crippen molar-refractivity contribution in [2.75, 3.05) is 27.7 Å². The molecule has 0 radical (unpaired) electrons. The zero-order valence-electron chi connectivity index (χ0n) is 13.9. The molecule has 2 aromatic heterocycles. The van der Waals surface area contributed by atoms with E-state index in [0.29, 0.717) is 12.5 Å². The Kier molecular flexibility index (Phi) is 4.77. The van der Waals surface area contributed by atoms with Crippen LogP contribution in [0.15, 0.2) is 17.8 Å². The number of fused-ring (bicyclic) bond motifs is 1. The van der Waals surface area contributed by atoms with E-state index in [1.807, 2.05) is 17.1 Å². The minimum Gasteiger partial charge on any atom is -0.335 e. The molecule has 0 fully saturated rings. The number of hydrogen-bond acceptors (Lipinski definition) is 5. The molecule has 2 aromatic rings. The van der Waals surface area contributed by atoms with Crippen LogP contribution in [0, 0.1) is 5.92 Å². The van der Waals surface area contributed by atoms with Crippen LogP contribution in [0.4, 0.5) is 0 Å². The van der Waals surface area contributed by atoms with Crippen molar-refractivity contribution in [2.45, 2.75) is 25.9 Å². The van der Waals surface area contributed by atoms with Gasteiger partial charge in [0, 0.05) is 31.7 Å². The third-order valence-electron chi connectivity index (χ3n) is 4.24. The minimum atomic E-state index is 0.0342. The molecule has 1 atom stereocenters. The van der Waals surface area contributed by atoms with Gasteiger partial charge < -0.3 is 9.80 Å². The molecule has 1 aliphatic rings. The van der Waals surface area contributed by atoms with Gasteiger partial charge in [0.05, 0.1) is 24.0 Å². The number of nitrogens with zero attached hydrogens (tertiary/aromatic N) is 5. The van der Waals surface area contributed by atoms with E-state index in [9.17, 15) is 4.79 Å². The zero-order chi connectivity index (χ0) is 16.4. The molecule has 3 heterocycles. The molecule has 0 unspecified atom stereocenters. The van der Waals surface area contributed by atoms with Crippen molar-refractivity contribution in [3.8, 4) is 0 Å². The fraction of sp³-hybridized carbons (Fsp3) is 0.562. The third kappa shape index (κ3) is 3.61. The van der Waals surface area contributed by atoms with Crippen molar-refractivity contribution in [2.24, 2.45) is 5.92 Å². The van der Waals surface area contributed by atoms with Gasteiger partial charge in [-0.1, -0.05) is 0 Å². The highest BCUT2D eigenvalue weighted by Crippen LogP contribution is 2.24. The van der Waals surface area contributed by atoms with Gasteiger partial charge in [-0.2, -0.15) is 5.10 Å². The zero-order valence-corrected chi connectivity index (χ0v) is 14.7. The lowest BCUT2D eigenvalue weighted by Crippen LogP contribution is -2.31. The lowest BCUT2D eigenvalue weighted by molar-refractivity contribution is 0.0783. The van der Waals surface area contributed by atoms with Gasteiger partial charge in [0.15, 0.2) is 0 Å². The van der Waals surface area contributed by atoms with Crippen LogP contribution in [0.25, 0.3) is 0 Å². The maximum atomic E-state index is 12.8. The molecule has 0 saturated heterocycles. The van der Waals surface area contributed by atoms with Crippen molar-refractivity contribution in [1.82, 2.24) is 24.6 Å². The molecule has 0 aliphatic carbocycles. The average molecular weight is 333 g/mol. The molecule has 7 heteroatoms. The normalized spacial score (nSPS) is 17.3. The van der Waals surface area contributed by atoms with E-state index in [-0.39, 0.29) is 5.91 Å². The molecule has 0 saturated carbocycles. The molecular formula is C16H23N5OS. The number of carbonyl (C=O) groups excluding carboxylic acids is 1. The molecule has 0 spiro atoms. The van der Waals surface area contributed by atoms with Crippen LogP contribution < -0.4 is 0 Å². The van der Waals surface area contributed by atoms with Crippen molar-refractivity contribution in [3.05, 3.63) is 34.0 Å². The first-order valence-electron chi connectivity index (χ1n) is 7.88. The Labute approximate surface area is 140 Å². The van der Waals surface area contributed by atoms with Gasteiger partial charge in [-0.15, -0.1) is 11.3 Å². The number of carbonyl (C=O) groups is 1. The van der Waals surface area contributed by atoms with E-state index in [1.54, 1.807) is 28.6 Å². The molecule has 23 heavy (non-hydrogen) atoms. The van der Waals surface area contributed by atoms with Crippen LogP contribution in [0.5, 0.6) is 0 Å². The predicted molar refractivity (Wildman–Crippen MR) is 90.5 cm³/mol. The van der Waals surface area contributed by atoms with Gasteiger partial charge in [0.25, 0.3) is 5.91 Å². The lowest BCUT2D eigenvalue weighted by atomic mass is 9.94. The van der Waals surface area contributed by atoms with Gasteiger partial charge in [-0.25, -0.2) is 4.98 Å². The summed E-state index contributed by atoms with van der Waals surface area (Å²) in [6.45, 7) is 2.49. The summed E-state index contributed by atoms with van der Waals surface area (Å²) in [5, 5.41) is 7.30. The Hall–Kier alpha value is -1.73. The molecule has 1 amide bonds. The van der Waals surface area contributed by atoms with Crippen molar-refractivity contribution in [3.63, 3.8) is 0 Å². The number of thiazole rings is 1. The van der Waals surface area contributed by atoms with Gasteiger partial charge in [0.2, 0.25) is 0 Å². The van der Waals surface area contributed by atoms with Crippen LogP contribution in [-0.4, -0.2) is 58.2 Å². The van der Waals surface area contributed by atoms with E-state index in [1.165, 1.54) is 0 Å². The summed E-state index contributed by atoms with van der Waals surface area (Å²) < 4.78 is 2.00. The Morgan fingerprint density at radius 1 is 1.43 bits per heavy atom. The van der Waals surface area contributed by atoms with Crippen molar-refractivity contribution < 1.29 is 4.79 Å². The highest BCUT2D eigenvalue weighted by atomic mass is 32.1. The first kappa shape index (κ1) is 16.1. The van der Waals surface area contributed by atoms with Crippen LogP contribution in [-0.2, 0) is 19.5 Å². The third-order valence-corrected chi connectivity index (χ3v) is 5.00. The standard InChI is InChI=1S/C16H23N5OS/c1-19(2)10-12-4-6-21-14(8-12)13(9-18-21)16(22)20(3)11-15-17-5-7-23-15/h5,7,9,12H,4,6,8,10-11H2,1-3H3/t12-/m1/s1. The first-order chi connectivity index (χ1) is 11.0. The van der Waals surface area contributed by atoms with E-state index < -0.39 is 0 Å². The molecule has 124 valence electrons. The van der Waals surface area contributed by atoms with Gasteiger partial charge in [-0.3, -0.25) is 9.48 Å². The fourth-order valence-electron chi connectivity index (χ4n) is 3.16. The van der Waals surface area contributed by atoms with Gasteiger partial charge in [0.1, 0.15) is 5.01 Å². The SMILES string of the molecule is CN(C)C[C@@H]1CCn2ncc(C(=O)N(C)Cc3nccs3)c2C1. The summed E-state index contributed by atoms with van der Waals surface area (Å²) in [6.07, 6.45) is 5.54. The van der Waals surface area contributed by atoms with Crippen LogP contribution in [0.2, 0.25) is 0 Å². The Bertz CT molecular complexity index is 664. The summed E-state index contributed by atoms with van der Waals surface area (Å²) in [4.78, 5) is 21.0. The Morgan fingerprint density at radius 3 is 2.96 bits per heavy atom. The van der Waals surface area contributed by atoms with E-state index in [2.05, 4.69) is 29.1 Å². The maximum Gasteiger partial charge on any atom is 0.257 e. The van der Waals surface area contributed by atoms with Crippen LogP contribution >= 0.6 is 11.3 Å². The average Bonchev–Trinajstić information content (AvgIpc) is 3.14. The molecule has 0 N–H and O–H groups in total. The largest absolute Gasteiger partial charge is 0.335 e. The lowest BCUT2D eigenvalue weighted by Gasteiger charge is -2.27. The molecule has 3 rings (SSSR count). The summed E-state index contributed by atoms with van der Waals surface area (Å²) in [5.74, 6) is 0.622. The highest BCUT2D eigenvalue weighted by molar-refractivity contribution is 7.09. The monoisotopic (exact) mass is 333 g/mol. The minimum absolute atomic E-state index is 0.0342. The smallest absolute Gasteiger partial charge is 0.257 e. The van der Waals surface area contributed by atoms with Crippen LogP contribution in [0.1, 0.15) is 27.5 Å². The first-order valence-corrected chi connectivity index (χ1v) is 8.76. The second kappa shape index (κ2) is 6.80. The quantitative estimate of drug-likeness (QED) is 0.836. The highest BCUT2D eigenvalue weighted by Gasteiger charge is 2.27. The molecule has 1 aliphatic heterocycles. The molecule has 0 aromatic carbocycles. The summed E-state index contributed by atoms with van der Waals surface area (Å²) >= 11 is 1.57. The van der Waals surface area contributed by atoms with Crippen molar-refractivity contribution in [1.29, 1.82) is 0 Å². The van der Waals surface area contributed by atoms with Crippen LogP contribution in [0.3, 0.4) is 0 Å². The number of aryl methyl sites for hydroxylation is 1. The number of aromatic nitrogens is 3. The second-order valence-corrected chi connectivity index (χ2v) is 7.42. The van der Waals surface area contributed by atoms with Gasteiger partial charge >= 0.3 is 0 Å². The number of amides is 1. The maximum absolute atomic E-state index is 12.8. The molecule has 0 bridgehead atoms. The fourth-order valence-corrected chi connectivity index (χ4v) is 3.83. The van der Waals surface area contributed by atoms with E-state index in [0.717, 1.165) is 42.2 Å². The Morgan fingerprint density at radius 2 is 2.26 bits per heavy atom. The number of hydrogen-bond donors (Lipinski definition) is 0. The van der Waals surface area contributed by atoms with Crippen molar-refractivity contribution >= 4 is 17.2 Å². The van der Waals surface area contributed by atoms with Gasteiger partial charge in [-0.05, 0) is 32.9 Å². The summed E-state index contributed by atoms with van der Waals surface area (Å²) in [6, 6.07) is 0. The van der Waals surface area contributed by atoms with E-state index in [4.69, 9.17) is 0 Å². The van der Waals surface area contributed by atoms with E-state index >= 15 is 0 Å². The summed E-state index contributed by atoms with van der Waals surface area (Å²) in [7, 11) is 6.02. The predicted octanol–water partition coefficient (Wildman–Crippen LogP) is 1.74. The molecule has 6 nitrogen and oxygen atoms in total. The second-order valence-electron chi connectivity index (χ2n) is 6.44. The molecular weight excluding hydrogens is 310 g/mol. The summed E-state index contributed by atoms with van der Waals surface area (Å²) in [5.41, 5.74) is 1.83. The topological polar surface area (TPSA) is 54.3 Å². The Balaban J connectivity index is 1.74. The number of rotatable bonds is 5.